The summed E-state index contributed by atoms with van der Waals surface area (Å²) in [6.45, 7) is 3.09. The number of nitrogens with zero attached hydrogens (tertiary/aromatic N) is 2. The molecule has 3 heteroatoms. The standard InChI is InChI=1S/C18H30N2O/c1-19-12-10-16(11-13-19)14-20(17-7-8-17)18(21)9-6-15-4-2-3-5-15/h10,15,17H,2-9,11-14H2,1H3. The first-order chi connectivity index (χ1) is 10.2. The Bertz CT molecular complexity index is 394. The smallest absolute Gasteiger partial charge is 0.223 e. The van der Waals surface area contributed by atoms with Gasteiger partial charge in [-0.05, 0) is 38.6 Å². The molecule has 0 spiro atoms. The molecule has 0 bridgehead atoms. The fourth-order valence-corrected chi connectivity index (χ4v) is 3.75. The highest BCUT2D eigenvalue weighted by atomic mass is 16.2. The van der Waals surface area contributed by atoms with Gasteiger partial charge in [0.15, 0.2) is 0 Å². The van der Waals surface area contributed by atoms with Gasteiger partial charge in [0, 0.05) is 32.1 Å². The van der Waals surface area contributed by atoms with E-state index in [4.69, 9.17) is 0 Å². The number of hydrogen-bond acceptors (Lipinski definition) is 2. The van der Waals surface area contributed by atoms with E-state index in [0.717, 1.165) is 44.8 Å². The van der Waals surface area contributed by atoms with Crippen molar-refractivity contribution >= 4 is 5.91 Å². The Kier molecular flexibility index (Phi) is 4.99. The Morgan fingerprint density at radius 2 is 2.05 bits per heavy atom. The van der Waals surface area contributed by atoms with Crippen molar-refractivity contribution in [1.29, 1.82) is 0 Å². The maximum absolute atomic E-state index is 12.6. The van der Waals surface area contributed by atoms with Crippen molar-refractivity contribution in [2.75, 3.05) is 26.7 Å². The summed E-state index contributed by atoms with van der Waals surface area (Å²) in [4.78, 5) is 17.1. The maximum Gasteiger partial charge on any atom is 0.223 e. The summed E-state index contributed by atoms with van der Waals surface area (Å²) < 4.78 is 0. The largest absolute Gasteiger partial charge is 0.336 e. The van der Waals surface area contributed by atoms with Crippen LogP contribution in [0.2, 0.25) is 0 Å². The van der Waals surface area contributed by atoms with Crippen LogP contribution in [0.15, 0.2) is 11.6 Å². The summed E-state index contributed by atoms with van der Waals surface area (Å²) in [5, 5.41) is 0. The molecule has 21 heavy (non-hydrogen) atoms. The topological polar surface area (TPSA) is 23.6 Å². The third-order valence-electron chi connectivity index (χ3n) is 5.43. The van der Waals surface area contributed by atoms with E-state index in [1.165, 1.54) is 44.1 Å². The minimum Gasteiger partial charge on any atom is -0.336 e. The van der Waals surface area contributed by atoms with Gasteiger partial charge in [-0.3, -0.25) is 4.79 Å². The van der Waals surface area contributed by atoms with Gasteiger partial charge < -0.3 is 9.80 Å². The fraction of sp³-hybridized carbons (Fsp3) is 0.833. The predicted octanol–water partition coefficient (Wildman–Crippen LogP) is 3.21. The highest BCUT2D eigenvalue weighted by Crippen LogP contribution is 2.32. The second kappa shape index (κ2) is 6.95. The minimum absolute atomic E-state index is 0.421. The molecule has 0 unspecified atom stereocenters. The third kappa shape index (κ3) is 4.32. The van der Waals surface area contributed by atoms with Gasteiger partial charge in [0.05, 0.1) is 0 Å². The molecule has 1 amide bonds. The average molecular weight is 290 g/mol. The normalized spacial score (nSPS) is 24.1. The van der Waals surface area contributed by atoms with E-state index >= 15 is 0 Å². The number of likely N-dealkylation sites (N-methyl/N-ethyl adjacent to an activating group) is 1. The van der Waals surface area contributed by atoms with E-state index in [0.29, 0.717) is 11.9 Å². The lowest BCUT2D eigenvalue weighted by Gasteiger charge is -2.28. The van der Waals surface area contributed by atoms with Gasteiger partial charge in [-0.25, -0.2) is 0 Å². The van der Waals surface area contributed by atoms with Crippen molar-refractivity contribution in [1.82, 2.24) is 9.80 Å². The lowest BCUT2D eigenvalue weighted by atomic mass is 10.0. The van der Waals surface area contributed by atoms with Crippen molar-refractivity contribution < 1.29 is 4.79 Å². The van der Waals surface area contributed by atoms with Gasteiger partial charge in [0.25, 0.3) is 0 Å². The monoisotopic (exact) mass is 290 g/mol. The van der Waals surface area contributed by atoms with E-state index < -0.39 is 0 Å². The molecule has 118 valence electrons. The summed E-state index contributed by atoms with van der Waals surface area (Å²) in [7, 11) is 2.17. The molecule has 1 aliphatic heterocycles. The molecular formula is C18H30N2O. The van der Waals surface area contributed by atoms with Crippen molar-refractivity contribution in [2.45, 2.75) is 63.8 Å². The number of amides is 1. The Labute approximate surface area is 129 Å². The first-order valence-electron chi connectivity index (χ1n) is 8.88. The minimum atomic E-state index is 0.421. The molecule has 0 radical (unpaired) electrons. The summed E-state index contributed by atoms with van der Waals surface area (Å²) in [5.74, 6) is 1.25. The molecule has 3 nitrogen and oxygen atoms in total. The summed E-state index contributed by atoms with van der Waals surface area (Å²) in [6.07, 6.45) is 13.3. The van der Waals surface area contributed by atoms with Crippen LogP contribution in [0.3, 0.4) is 0 Å². The molecule has 0 atom stereocenters. The number of hydrogen-bond donors (Lipinski definition) is 0. The molecular weight excluding hydrogens is 260 g/mol. The van der Waals surface area contributed by atoms with Crippen molar-refractivity contribution in [2.24, 2.45) is 5.92 Å². The van der Waals surface area contributed by atoms with Crippen molar-refractivity contribution in [3.63, 3.8) is 0 Å². The van der Waals surface area contributed by atoms with Crippen LogP contribution in [0.4, 0.5) is 0 Å². The van der Waals surface area contributed by atoms with Gasteiger partial charge >= 0.3 is 0 Å². The van der Waals surface area contributed by atoms with Gasteiger partial charge in [-0.2, -0.15) is 0 Å². The number of carbonyl (C=O) groups is 1. The maximum atomic E-state index is 12.6. The van der Waals surface area contributed by atoms with Crippen LogP contribution in [-0.4, -0.2) is 48.4 Å². The van der Waals surface area contributed by atoms with Crippen LogP contribution in [0.5, 0.6) is 0 Å². The van der Waals surface area contributed by atoms with Crippen LogP contribution in [-0.2, 0) is 4.79 Å². The second-order valence-electron chi connectivity index (χ2n) is 7.32. The van der Waals surface area contributed by atoms with E-state index in [-0.39, 0.29) is 0 Å². The summed E-state index contributed by atoms with van der Waals surface area (Å²) in [6, 6.07) is 0.557. The number of rotatable bonds is 6. The molecule has 0 aromatic heterocycles. The molecule has 2 aliphatic carbocycles. The van der Waals surface area contributed by atoms with E-state index in [2.05, 4.69) is 22.9 Å². The van der Waals surface area contributed by atoms with Crippen molar-refractivity contribution in [3.8, 4) is 0 Å². The fourth-order valence-electron chi connectivity index (χ4n) is 3.75. The molecule has 0 saturated heterocycles. The molecule has 0 aromatic rings. The molecule has 2 saturated carbocycles. The Hall–Kier alpha value is -0.830. The summed E-state index contributed by atoms with van der Waals surface area (Å²) >= 11 is 0. The molecule has 3 aliphatic rings. The van der Waals surface area contributed by atoms with Crippen LogP contribution in [0, 0.1) is 5.92 Å². The average Bonchev–Trinajstić information content (AvgIpc) is 3.19. The Balaban J connectivity index is 1.50. The van der Waals surface area contributed by atoms with Gasteiger partial charge in [0.2, 0.25) is 5.91 Å². The molecule has 2 fully saturated rings. The van der Waals surface area contributed by atoms with Crippen LogP contribution >= 0.6 is 0 Å². The zero-order valence-electron chi connectivity index (χ0n) is 13.5. The zero-order chi connectivity index (χ0) is 14.7. The second-order valence-corrected chi connectivity index (χ2v) is 7.32. The third-order valence-corrected chi connectivity index (χ3v) is 5.43. The van der Waals surface area contributed by atoms with E-state index in [1.54, 1.807) is 0 Å². The zero-order valence-corrected chi connectivity index (χ0v) is 13.5. The SMILES string of the molecule is CN1CC=C(CN(C(=O)CCC2CCCC2)C2CC2)CC1. The lowest BCUT2D eigenvalue weighted by Crippen LogP contribution is -2.36. The quantitative estimate of drug-likeness (QED) is 0.701. The Morgan fingerprint density at radius 3 is 2.67 bits per heavy atom. The van der Waals surface area contributed by atoms with Gasteiger partial charge in [-0.15, -0.1) is 0 Å². The van der Waals surface area contributed by atoms with Gasteiger partial charge in [0.1, 0.15) is 0 Å². The van der Waals surface area contributed by atoms with Crippen LogP contribution < -0.4 is 0 Å². The lowest BCUT2D eigenvalue weighted by molar-refractivity contribution is -0.131. The summed E-state index contributed by atoms with van der Waals surface area (Å²) in [5.41, 5.74) is 1.48. The van der Waals surface area contributed by atoms with Crippen molar-refractivity contribution in [3.05, 3.63) is 11.6 Å². The van der Waals surface area contributed by atoms with Gasteiger partial charge in [-0.1, -0.05) is 37.3 Å². The molecule has 0 N–H and O–H groups in total. The predicted molar refractivity (Wildman–Crippen MR) is 86.1 cm³/mol. The first kappa shape index (κ1) is 15.1. The Morgan fingerprint density at radius 1 is 1.29 bits per heavy atom. The van der Waals surface area contributed by atoms with E-state index in [9.17, 15) is 4.79 Å². The molecule has 1 heterocycles. The van der Waals surface area contributed by atoms with Crippen LogP contribution in [0.25, 0.3) is 0 Å². The number of carbonyl (C=O) groups excluding carboxylic acids is 1. The highest BCUT2D eigenvalue weighted by molar-refractivity contribution is 5.77. The first-order valence-corrected chi connectivity index (χ1v) is 8.88. The van der Waals surface area contributed by atoms with Crippen LogP contribution in [0.1, 0.15) is 57.8 Å². The molecule has 0 aromatic carbocycles. The highest BCUT2D eigenvalue weighted by Gasteiger charge is 2.33. The molecule has 3 rings (SSSR count). The van der Waals surface area contributed by atoms with E-state index in [1.807, 2.05) is 0 Å².